The fraction of sp³-hybridized carbons (Fsp3) is 0.500. The lowest BCUT2D eigenvalue weighted by Crippen LogP contribution is -2.32. The minimum atomic E-state index is -0.121. The molecule has 90 valence electrons. The van der Waals surface area contributed by atoms with Crippen molar-refractivity contribution in [3.8, 4) is 5.75 Å². The number of ether oxygens (including phenoxy) is 1. The van der Waals surface area contributed by atoms with Crippen molar-refractivity contribution in [1.29, 1.82) is 0 Å². The summed E-state index contributed by atoms with van der Waals surface area (Å²) in [6.45, 7) is 2.65. The highest BCUT2D eigenvalue weighted by Crippen LogP contribution is 2.36. The monoisotopic (exact) mass is 231 g/mol. The fourth-order valence-electron chi connectivity index (χ4n) is 2.54. The third kappa shape index (κ3) is 1.90. The first-order valence-corrected chi connectivity index (χ1v) is 6.31. The maximum absolute atomic E-state index is 12.1. The number of fused-ring (bicyclic) bond motifs is 1. The molecule has 3 heteroatoms. The normalized spacial score (nSPS) is 29.4. The lowest BCUT2D eigenvalue weighted by atomic mass is 10.0. The maximum Gasteiger partial charge on any atom is 0.231 e. The molecule has 1 N–H and O–H groups in total. The van der Waals surface area contributed by atoms with Gasteiger partial charge >= 0.3 is 0 Å². The highest BCUT2D eigenvalue weighted by atomic mass is 16.5. The number of carbonyl (C=O) groups is 1. The molecule has 1 aromatic rings. The van der Waals surface area contributed by atoms with Gasteiger partial charge in [-0.3, -0.25) is 4.79 Å². The van der Waals surface area contributed by atoms with Gasteiger partial charge in [-0.15, -0.1) is 0 Å². The van der Waals surface area contributed by atoms with E-state index in [1.54, 1.807) is 0 Å². The lowest BCUT2D eigenvalue weighted by Gasteiger charge is -2.09. The molecule has 1 aliphatic carbocycles. The molecule has 1 aromatic carbocycles. The topological polar surface area (TPSA) is 38.3 Å². The van der Waals surface area contributed by atoms with Crippen LogP contribution in [-0.4, -0.2) is 18.6 Å². The highest BCUT2D eigenvalue weighted by molar-refractivity contribution is 5.86. The second-order valence-corrected chi connectivity index (χ2v) is 4.92. The van der Waals surface area contributed by atoms with Crippen molar-refractivity contribution in [2.45, 2.75) is 31.7 Å². The van der Waals surface area contributed by atoms with Crippen LogP contribution in [0.25, 0.3) is 0 Å². The van der Waals surface area contributed by atoms with Gasteiger partial charge in [0.2, 0.25) is 5.91 Å². The van der Waals surface area contributed by atoms with Gasteiger partial charge in [-0.1, -0.05) is 31.5 Å². The number of carbonyl (C=O) groups excluding carboxylic acids is 1. The van der Waals surface area contributed by atoms with Crippen LogP contribution in [0.1, 0.15) is 31.2 Å². The standard InChI is InChI=1S/C14H17NO2/c1-2-9-7-12(9)15-14(16)11-8-17-13-6-4-3-5-10(11)13/h3-6,9,11-12H,2,7-8H2,1H3,(H,15,16). The molecule has 1 heterocycles. The van der Waals surface area contributed by atoms with Crippen LogP contribution in [0, 0.1) is 5.92 Å². The number of nitrogens with one attached hydrogen (secondary N) is 1. The Kier molecular flexibility index (Phi) is 2.54. The van der Waals surface area contributed by atoms with Crippen LogP contribution >= 0.6 is 0 Å². The summed E-state index contributed by atoms with van der Waals surface area (Å²) < 4.78 is 5.53. The molecule has 1 fully saturated rings. The summed E-state index contributed by atoms with van der Waals surface area (Å²) in [6, 6.07) is 8.21. The van der Waals surface area contributed by atoms with E-state index in [-0.39, 0.29) is 11.8 Å². The zero-order valence-corrected chi connectivity index (χ0v) is 9.98. The number of hydrogen-bond donors (Lipinski definition) is 1. The third-order valence-electron chi connectivity index (χ3n) is 3.79. The molecule has 0 aromatic heterocycles. The Bertz CT molecular complexity index is 444. The summed E-state index contributed by atoms with van der Waals surface area (Å²) in [4.78, 5) is 12.1. The summed E-state index contributed by atoms with van der Waals surface area (Å²) >= 11 is 0. The molecule has 3 nitrogen and oxygen atoms in total. The average Bonchev–Trinajstić information content (AvgIpc) is 2.96. The van der Waals surface area contributed by atoms with Crippen LogP contribution in [0.5, 0.6) is 5.75 Å². The van der Waals surface area contributed by atoms with Crippen LogP contribution in [0.15, 0.2) is 24.3 Å². The summed E-state index contributed by atoms with van der Waals surface area (Å²) in [5.74, 6) is 1.55. The SMILES string of the molecule is CCC1CC1NC(=O)C1COc2ccccc21. The largest absolute Gasteiger partial charge is 0.492 e. The summed E-state index contributed by atoms with van der Waals surface area (Å²) in [5, 5.41) is 3.12. The van der Waals surface area contributed by atoms with Gasteiger partial charge in [0.1, 0.15) is 18.3 Å². The molecule has 3 unspecified atom stereocenters. The molecule has 1 amide bonds. The van der Waals surface area contributed by atoms with Crippen LogP contribution in [-0.2, 0) is 4.79 Å². The molecule has 3 atom stereocenters. The maximum atomic E-state index is 12.1. The molecule has 0 spiro atoms. The Morgan fingerprint density at radius 3 is 3.06 bits per heavy atom. The van der Waals surface area contributed by atoms with E-state index in [1.807, 2.05) is 24.3 Å². The predicted molar refractivity (Wildman–Crippen MR) is 65.0 cm³/mol. The van der Waals surface area contributed by atoms with Crippen LogP contribution < -0.4 is 10.1 Å². The average molecular weight is 231 g/mol. The quantitative estimate of drug-likeness (QED) is 0.865. The summed E-state index contributed by atoms with van der Waals surface area (Å²) in [6.07, 6.45) is 2.29. The molecular weight excluding hydrogens is 214 g/mol. The summed E-state index contributed by atoms with van der Waals surface area (Å²) in [7, 11) is 0. The number of hydrogen-bond acceptors (Lipinski definition) is 2. The Labute approximate surface area is 101 Å². The minimum absolute atomic E-state index is 0.121. The number of amides is 1. The third-order valence-corrected chi connectivity index (χ3v) is 3.79. The smallest absolute Gasteiger partial charge is 0.231 e. The van der Waals surface area contributed by atoms with Gasteiger partial charge in [-0.2, -0.15) is 0 Å². The van der Waals surface area contributed by atoms with Gasteiger partial charge in [0.05, 0.1) is 0 Å². The number of benzene rings is 1. The van der Waals surface area contributed by atoms with E-state index in [4.69, 9.17) is 4.74 Å². The first-order chi connectivity index (χ1) is 8.29. The number of rotatable bonds is 3. The van der Waals surface area contributed by atoms with Crippen LogP contribution in [0.2, 0.25) is 0 Å². The van der Waals surface area contributed by atoms with E-state index < -0.39 is 0 Å². The molecular formula is C14H17NO2. The fourth-order valence-corrected chi connectivity index (χ4v) is 2.54. The van der Waals surface area contributed by atoms with Gasteiger partial charge in [0.15, 0.2) is 0 Å². The van der Waals surface area contributed by atoms with Gasteiger partial charge in [0, 0.05) is 11.6 Å². The Balaban J connectivity index is 1.68. The van der Waals surface area contributed by atoms with E-state index in [0.717, 1.165) is 24.2 Å². The Morgan fingerprint density at radius 2 is 2.29 bits per heavy atom. The second-order valence-electron chi connectivity index (χ2n) is 4.92. The lowest BCUT2D eigenvalue weighted by molar-refractivity contribution is -0.122. The van der Waals surface area contributed by atoms with E-state index in [9.17, 15) is 4.79 Å². The predicted octanol–water partition coefficient (Wildman–Crippen LogP) is 2.08. The Hall–Kier alpha value is -1.51. The van der Waals surface area contributed by atoms with E-state index in [0.29, 0.717) is 18.6 Å². The zero-order chi connectivity index (χ0) is 11.8. The van der Waals surface area contributed by atoms with Gasteiger partial charge < -0.3 is 10.1 Å². The molecule has 0 bridgehead atoms. The highest BCUT2D eigenvalue weighted by Gasteiger charge is 2.39. The van der Waals surface area contributed by atoms with Crippen molar-refractivity contribution in [3.05, 3.63) is 29.8 Å². The van der Waals surface area contributed by atoms with E-state index in [1.165, 1.54) is 0 Å². The second kappa shape index (κ2) is 4.06. The molecule has 0 saturated heterocycles. The zero-order valence-electron chi connectivity index (χ0n) is 9.98. The molecule has 0 radical (unpaired) electrons. The molecule has 1 saturated carbocycles. The van der Waals surface area contributed by atoms with E-state index in [2.05, 4.69) is 12.2 Å². The Morgan fingerprint density at radius 1 is 1.47 bits per heavy atom. The number of para-hydroxylation sites is 1. The first-order valence-electron chi connectivity index (χ1n) is 6.31. The van der Waals surface area contributed by atoms with Crippen molar-refractivity contribution in [3.63, 3.8) is 0 Å². The van der Waals surface area contributed by atoms with Gasteiger partial charge in [0.25, 0.3) is 0 Å². The van der Waals surface area contributed by atoms with Crippen molar-refractivity contribution >= 4 is 5.91 Å². The van der Waals surface area contributed by atoms with Crippen LogP contribution in [0.4, 0.5) is 0 Å². The minimum Gasteiger partial charge on any atom is -0.492 e. The molecule has 2 aliphatic rings. The van der Waals surface area contributed by atoms with Crippen molar-refractivity contribution in [2.75, 3.05) is 6.61 Å². The first kappa shape index (κ1) is 10.6. The molecule has 17 heavy (non-hydrogen) atoms. The van der Waals surface area contributed by atoms with Crippen LogP contribution in [0.3, 0.4) is 0 Å². The molecule has 3 rings (SSSR count). The van der Waals surface area contributed by atoms with E-state index >= 15 is 0 Å². The summed E-state index contributed by atoms with van der Waals surface area (Å²) in [5.41, 5.74) is 1.03. The van der Waals surface area contributed by atoms with Gasteiger partial charge in [-0.25, -0.2) is 0 Å². The van der Waals surface area contributed by atoms with Crippen molar-refractivity contribution in [2.24, 2.45) is 5.92 Å². The van der Waals surface area contributed by atoms with Gasteiger partial charge in [-0.05, 0) is 18.4 Å². The van der Waals surface area contributed by atoms with Crippen molar-refractivity contribution < 1.29 is 9.53 Å². The molecule has 1 aliphatic heterocycles. The van der Waals surface area contributed by atoms with Crippen molar-refractivity contribution in [1.82, 2.24) is 5.32 Å².